The highest BCUT2D eigenvalue weighted by Crippen LogP contribution is 2.12. The average molecular weight is 258 g/mol. The predicted octanol–water partition coefficient (Wildman–Crippen LogP) is 1.18. The third kappa shape index (κ3) is 2.98. The van der Waals surface area contributed by atoms with Crippen molar-refractivity contribution in [3.8, 4) is 0 Å². The van der Waals surface area contributed by atoms with Crippen molar-refractivity contribution in [2.75, 3.05) is 5.32 Å². The number of anilines is 1. The fraction of sp³-hybridized carbons (Fsp3) is 0.154. The Balaban J connectivity index is 2.04. The molecule has 6 heteroatoms. The molecule has 19 heavy (non-hydrogen) atoms. The quantitative estimate of drug-likeness (QED) is 0.862. The molecule has 0 aliphatic carbocycles. The van der Waals surface area contributed by atoms with E-state index in [1.165, 1.54) is 0 Å². The van der Waals surface area contributed by atoms with Gasteiger partial charge in [-0.15, -0.1) is 0 Å². The van der Waals surface area contributed by atoms with Crippen LogP contribution in [0.2, 0.25) is 0 Å². The number of hydrogen-bond acceptors (Lipinski definition) is 3. The molecule has 2 rings (SSSR count). The highest BCUT2D eigenvalue weighted by Gasteiger charge is 2.14. The molecule has 0 spiro atoms. The second-order valence-electron chi connectivity index (χ2n) is 4.09. The number of carbonyl (C=O) groups is 2. The largest absolute Gasteiger partial charge is 0.366 e. The number of nitrogens with one attached hydrogen (secondary N) is 1. The Bertz CT molecular complexity index is 575. The van der Waals surface area contributed by atoms with Gasteiger partial charge in [0.15, 0.2) is 0 Å². The molecule has 0 fully saturated rings. The summed E-state index contributed by atoms with van der Waals surface area (Å²) in [6.07, 6.45) is 3.34. The van der Waals surface area contributed by atoms with Crippen LogP contribution in [-0.4, -0.2) is 21.6 Å². The summed E-state index contributed by atoms with van der Waals surface area (Å²) in [6.45, 7) is 1.75. The van der Waals surface area contributed by atoms with Crippen molar-refractivity contribution in [3.05, 3.63) is 48.3 Å². The van der Waals surface area contributed by atoms with Crippen molar-refractivity contribution in [2.24, 2.45) is 5.73 Å². The molecule has 2 amide bonds. The summed E-state index contributed by atoms with van der Waals surface area (Å²) in [5.74, 6) is -0.682. The number of aromatic nitrogens is 2. The van der Waals surface area contributed by atoms with E-state index in [2.05, 4.69) is 10.4 Å². The highest BCUT2D eigenvalue weighted by molar-refractivity contribution is 5.95. The zero-order valence-electron chi connectivity index (χ0n) is 10.4. The molecule has 1 atom stereocenters. The summed E-state index contributed by atoms with van der Waals surface area (Å²) in [7, 11) is 0. The highest BCUT2D eigenvalue weighted by atomic mass is 16.2. The fourth-order valence-corrected chi connectivity index (χ4v) is 1.59. The van der Waals surface area contributed by atoms with E-state index < -0.39 is 11.9 Å². The first kappa shape index (κ1) is 12.8. The van der Waals surface area contributed by atoms with Crippen LogP contribution in [-0.2, 0) is 4.79 Å². The molecule has 0 saturated carbocycles. The molecule has 0 aliphatic rings. The van der Waals surface area contributed by atoms with Gasteiger partial charge >= 0.3 is 0 Å². The Kier molecular flexibility index (Phi) is 3.61. The Hall–Kier alpha value is -2.63. The summed E-state index contributed by atoms with van der Waals surface area (Å²) >= 11 is 0. The Morgan fingerprint density at radius 2 is 2.00 bits per heavy atom. The number of benzene rings is 1. The van der Waals surface area contributed by atoms with Crippen molar-refractivity contribution in [2.45, 2.75) is 13.0 Å². The van der Waals surface area contributed by atoms with Crippen LogP contribution in [0.15, 0.2) is 42.7 Å². The van der Waals surface area contributed by atoms with Crippen molar-refractivity contribution >= 4 is 17.5 Å². The lowest BCUT2D eigenvalue weighted by molar-refractivity contribution is -0.119. The van der Waals surface area contributed by atoms with Crippen LogP contribution in [0, 0.1) is 0 Å². The van der Waals surface area contributed by atoms with Gasteiger partial charge in [0.05, 0.1) is 0 Å². The molecular formula is C13H14N4O2. The Morgan fingerprint density at radius 3 is 2.53 bits per heavy atom. The van der Waals surface area contributed by atoms with E-state index in [9.17, 15) is 9.59 Å². The van der Waals surface area contributed by atoms with E-state index >= 15 is 0 Å². The first-order valence-corrected chi connectivity index (χ1v) is 5.78. The van der Waals surface area contributed by atoms with E-state index in [-0.39, 0.29) is 5.91 Å². The van der Waals surface area contributed by atoms with Crippen molar-refractivity contribution in [3.63, 3.8) is 0 Å². The van der Waals surface area contributed by atoms with Gasteiger partial charge in [-0.05, 0) is 37.3 Å². The van der Waals surface area contributed by atoms with Crippen LogP contribution in [0.5, 0.6) is 0 Å². The van der Waals surface area contributed by atoms with Gasteiger partial charge in [-0.1, -0.05) is 0 Å². The second kappa shape index (κ2) is 5.34. The normalized spacial score (nSPS) is 11.8. The minimum atomic E-state index is -0.497. The van der Waals surface area contributed by atoms with E-state index in [4.69, 9.17) is 5.73 Å². The molecule has 0 aliphatic heterocycles. The number of rotatable bonds is 4. The summed E-state index contributed by atoms with van der Waals surface area (Å²) in [5.41, 5.74) is 6.15. The number of nitrogens with zero attached hydrogens (tertiary/aromatic N) is 2. The molecule has 3 N–H and O–H groups in total. The molecule has 0 bridgehead atoms. The molecule has 98 valence electrons. The molecule has 6 nitrogen and oxygen atoms in total. The first-order chi connectivity index (χ1) is 9.08. The van der Waals surface area contributed by atoms with Crippen molar-refractivity contribution < 1.29 is 9.59 Å². The van der Waals surface area contributed by atoms with Gasteiger partial charge in [0, 0.05) is 23.6 Å². The summed E-state index contributed by atoms with van der Waals surface area (Å²) in [5, 5.41) is 6.76. The standard InChI is InChI=1S/C13H14N4O2/c1-9(17-8-2-7-15-17)13(19)16-11-5-3-10(4-6-11)12(14)18/h2-9H,1H3,(H2,14,18)(H,16,19)/t9-/m1/s1. The minimum Gasteiger partial charge on any atom is -0.366 e. The number of hydrogen-bond donors (Lipinski definition) is 2. The van der Waals surface area contributed by atoms with E-state index in [0.29, 0.717) is 11.3 Å². The number of carbonyl (C=O) groups excluding carboxylic acids is 2. The lowest BCUT2D eigenvalue weighted by atomic mass is 10.2. The zero-order chi connectivity index (χ0) is 13.8. The van der Waals surface area contributed by atoms with Crippen molar-refractivity contribution in [1.82, 2.24) is 9.78 Å². The third-order valence-electron chi connectivity index (χ3n) is 2.74. The maximum absolute atomic E-state index is 12.0. The Morgan fingerprint density at radius 1 is 1.32 bits per heavy atom. The fourth-order valence-electron chi connectivity index (χ4n) is 1.59. The number of amides is 2. The van der Waals surface area contributed by atoms with Gasteiger partial charge in [0.25, 0.3) is 0 Å². The van der Waals surface area contributed by atoms with Crippen LogP contribution in [0.25, 0.3) is 0 Å². The first-order valence-electron chi connectivity index (χ1n) is 5.78. The van der Waals surface area contributed by atoms with Gasteiger partial charge in [-0.25, -0.2) is 0 Å². The monoisotopic (exact) mass is 258 g/mol. The lowest BCUT2D eigenvalue weighted by Crippen LogP contribution is -2.24. The van der Waals surface area contributed by atoms with Crippen LogP contribution in [0.3, 0.4) is 0 Å². The van der Waals surface area contributed by atoms with Crippen LogP contribution in [0.4, 0.5) is 5.69 Å². The van der Waals surface area contributed by atoms with E-state index in [0.717, 1.165) is 0 Å². The van der Waals surface area contributed by atoms with Crippen LogP contribution < -0.4 is 11.1 Å². The zero-order valence-corrected chi connectivity index (χ0v) is 10.4. The maximum atomic E-state index is 12.0. The molecule has 0 saturated heterocycles. The van der Waals surface area contributed by atoms with E-state index in [1.807, 2.05) is 0 Å². The summed E-state index contributed by atoms with van der Waals surface area (Å²) in [4.78, 5) is 22.9. The number of nitrogens with two attached hydrogens (primary N) is 1. The molecule has 1 heterocycles. The Labute approximate surface area is 110 Å². The summed E-state index contributed by atoms with van der Waals surface area (Å²) < 4.78 is 1.56. The van der Waals surface area contributed by atoms with Gasteiger partial charge in [-0.3, -0.25) is 14.3 Å². The van der Waals surface area contributed by atoms with Crippen LogP contribution in [0.1, 0.15) is 23.3 Å². The molecule has 0 radical (unpaired) electrons. The SMILES string of the molecule is C[C@H](C(=O)Nc1ccc(C(N)=O)cc1)n1cccn1. The maximum Gasteiger partial charge on any atom is 0.248 e. The minimum absolute atomic E-state index is 0.185. The van der Waals surface area contributed by atoms with Gasteiger partial charge in [-0.2, -0.15) is 5.10 Å². The lowest BCUT2D eigenvalue weighted by Gasteiger charge is -2.12. The van der Waals surface area contributed by atoms with E-state index in [1.54, 1.807) is 54.3 Å². The average Bonchev–Trinajstić information content (AvgIpc) is 2.92. The molecule has 1 aromatic carbocycles. The molecule has 1 aromatic heterocycles. The van der Waals surface area contributed by atoms with Crippen LogP contribution >= 0.6 is 0 Å². The van der Waals surface area contributed by atoms with Crippen molar-refractivity contribution in [1.29, 1.82) is 0 Å². The topological polar surface area (TPSA) is 90.0 Å². The second-order valence-corrected chi connectivity index (χ2v) is 4.09. The summed E-state index contributed by atoms with van der Waals surface area (Å²) in [6, 6.07) is 7.74. The number of primary amides is 1. The molecular weight excluding hydrogens is 244 g/mol. The third-order valence-corrected chi connectivity index (χ3v) is 2.74. The van der Waals surface area contributed by atoms with Gasteiger partial charge in [0.1, 0.15) is 6.04 Å². The predicted molar refractivity (Wildman–Crippen MR) is 70.5 cm³/mol. The van der Waals surface area contributed by atoms with Gasteiger partial charge in [0.2, 0.25) is 11.8 Å². The molecule has 2 aromatic rings. The smallest absolute Gasteiger partial charge is 0.248 e. The van der Waals surface area contributed by atoms with Gasteiger partial charge < -0.3 is 11.1 Å². The molecule has 0 unspecified atom stereocenters.